The summed E-state index contributed by atoms with van der Waals surface area (Å²) in [5.74, 6) is 0.602. The average Bonchev–Trinajstić information content (AvgIpc) is 2.60. The van der Waals surface area contributed by atoms with Crippen LogP contribution in [0.2, 0.25) is 0 Å². The molecule has 24 heavy (non-hydrogen) atoms. The maximum absolute atomic E-state index is 13.5. The first-order valence-corrected chi connectivity index (χ1v) is 7.19. The summed E-state index contributed by atoms with van der Waals surface area (Å²) in [6.45, 7) is -0.0511. The standard InChI is InChI=1S/C18H19FN2O3/c1-22-13-7-8-17(23-2)14(9-13)16(20)10-18(21)24-11-12-5-3-4-6-15(12)19/h3-10,21H,11,20H2,1-2H3/b16-10-,21-18?. The molecular weight excluding hydrogens is 311 g/mol. The minimum absolute atomic E-state index is 0.0511. The highest BCUT2D eigenvalue weighted by Crippen LogP contribution is 2.27. The van der Waals surface area contributed by atoms with Crippen molar-refractivity contribution in [2.45, 2.75) is 6.61 Å². The number of hydrogen-bond acceptors (Lipinski definition) is 5. The van der Waals surface area contributed by atoms with Gasteiger partial charge in [-0.3, -0.25) is 5.41 Å². The molecule has 6 heteroatoms. The molecule has 0 amide bonds. The minimum atomic E-state index is -0.378. The van der Waals surface area contributed by atoms with Crippen molar-refractivity contribution in [2.75, 3.05) is 14.2 Å². The Kier molecular flexibility index (Phi) is 5.78. The van der Waals surface area contributed by atoms with E-state index in [1.54, 1.807) is 43.5 Å². The van der Waals surface area contributed by atoms with Gasteiger partial charge >= 0.3 is 0 Å². The molecule has 0 heterocycles. The summed E-state index contributed by atoms with van der Waals surface area (Å²) >= 11 is 0. The van der Waals surface area contributed by atoms with Crippen molar-refractivity contribution in [1.29, 1.82) is 5.41 Å². The molecule has 0 unspecified atom stereocenters. The number of hydrogen-bond donors (Lipinski definition) is 2. The highest BCUT2D eigenvalue weighted by Gasteiger charge is 2.09. The van der Waals surface area contributed by atoms with E-state index in [0.29, 0.717) is 22.6 Å². The first kappa shape index (κ1) is 17.3. The molecule has 0 aliphatic rings. The maximum Gasteiger partial charge on any atom is 0.208 e. The van der Waals surface area contributed by atoms with E-state index in [9.17, 15) is 4.39 Å². The van der Waals surface area contributed by atoms with Gasteiger partial charge in [0.25, 0.3) is 0 Å². The van der Waals surface area contributed by atoms with Gasteiger partial charge in [-0.05, 0) is 24.3 Å². The number of nitrogens with one attached hydrogen (secondary N) is 1. The smallest absolute Gasteiger partial charge is 0.208 e. The molecule has 0 saturated carbocycles. The van der Waals surface area contributed by atoms with Crippen LogP contribution in [0.15, 0.2) is 48.5 Å². The van der Waals surface area contributed by atoms with E-state index in [1.807, 2.05) is 0 Å². The maximum atomic E-state index is 13.5. The molecule has 2 rings (SSSR count). The van der Waals surface area contributed by atoms with Crippen molar-refractivity contribution in [2.24, 2.45) is 5.73 Å². The number of methoxy groups -OCH3 is 2. The average molecular weight is 330 g/mol. The van der Waals surface area contributed by atoms with E-state index < -0.39 is 0 Å². The Morgan fingerprint density at radius 3 is 2.58 bits per heavy atom. The van der Waals surface area contributed by atoms with Crippen LogP contribution >= 0.6 is 0 Å². The first-order valence-electron chi connectivity index (χ1n) is 7.19. The third-order valence-corrected chi connectivity index (χ3v) is 3.35. The van der Waals surface area contributed by atoms with E-state index >= 15 is 0 Å². The third kappa shape index (κ3) is 4.25. The van der Waals surface area contributed by atoms with Gasteiger partial charge in [-0.15, -0.1) is 0 Å². The van der Waals surface area contributed by atoms with Gasteiger partial charge < -0.3 is 19.9 Å². The molecule has 0 spiro atoms. The van der Waals surface area contributed by atoms with Crippen molar-refractivity contribution in [1.82, 2.24) is 0 Å². The quantitative estimate of drug-likeness (QED) is 0.629. The van der Waals surface area contributed by atoms with E-state index in [4.69, 9.17) is 25.4 Å². The Morgan fingerprint density at radius 1 is 1.17 bits per heavy atom. The van der Waals surface area contributed by atoms with Gasteiger partial charge in [0.15, 0.2) is 0 Å². The number of benzene rings is 2. The molecule has 3 N–H and O–H groups in total. The Bertz CT molecular complexity index is 760. The lowest BCUT2D eigenvalue weighted by Gasteiger charge is -2.11. The van der Waals surface area contributed by atoms with Gasteiger partial charge in [-0.1, -0.05) is 18.2 Å². The van der Waals surface area contributed by atoms with E-state index in [1.165, 1.54) is 19.3 Å². The normalized spacial score (nSPS) is 11.0. The fourth-order valence-electron chi connectivity index (χ4n) is 2.07. The largest absolute Gasteiger partial charge is 0.497 e. The van der Waals surface area contributed by atoms with Crippen LogP contribution in [0, 0.1) is 11.2 Å². The summed E-state index contributed by atoms with van der Waals surface area (Å²) in [6.07, 6.45) is 1.35. The van der Waals surface area contributed by atoms with Crippen molar-refractivity contribution in [3.8, 4) is 11.5 Å². The summed E-state index contributed by atoms with van der Waals surface area (Å²) in [7, 11) is 3.07. The van der Waals surface area contributed by atoms with Crippen LogP contribution in [-0.4, -0.2) is 20.1 Å². The molecule has 5 nitrogen and oxygen atoms in total. The molecular formula is C18H19FN2O3. The zero-order valence-corrected chi connectivity index (χ0v) is 13.5. The Morgan fingerprint density at radius 2 is 1.92 bits per heavy atom. The molecule has 2 aromatic rings. The fourth-order valence-corrected chi connectivity index (χ4v) is 2.07. The highest BCUT2D eigenvalue weighted by molar-refractivity contribution is 5.93. The second-order valence-corrected chi connectivity index (χ2v) is 4.91. The second kappa shape index (κ2) is 8.01. The predicted octanol–water partition coefficient (Wildman–Crippen LogP) is 3.34. The van der Waals surface area contributed by atoms with Gasteiger partial charge in [0.2, 0.25) is 5.90 Å². The van der Waals surface area contributed by atoms with Gasteiger partial charge in [-0.25, -0.2) is 4.39 Å². The van der Waals surface area contributed by atoms with E-state index in [-0.39, 0.29) is 24.0 Å². The van der Waals surface area contributed by atoms with Crippen molar-refractivity contribution in [3.63, 3.8) is 0 Å². The van der Waals surface area contributed by atoms with Crippen LogP contribution in [0.25, 0.3) is 5.70 Å². The summed E-state index contributed by atoms with van der Waals surface area (Å²) in [6, 6.07) is 11.4. The fraction of sp³-hybridized carbons (Fsp3) is 0.167. The lowest BCUT2D eigenvalue weighted by molar-refractivity contribution is 0.286. The number of halogens is 1. The summed E-state index contributed by atoms with van der Waals surface area (Å²) in [5.41, 5.74) is 7.26. The lowest BCUT2D eigenvalue weighted by atomic mass is 10.1. The highest BCUT2D eigenvalue weighted by atomic mass is 19.1. The molecule has 2 aromatic carbocycles. The van der Waals surface area contributed by atoms with Gasteiger partial charge in [0.05, 0.1) is 14.2 Å². The lowest BCUT2D eigenvalue weighted by Crippen LogP contribution is -2.07. The molecule has 126 valence electrons. The molecule has 0 radical (unpaired) electrons. The molecule has 0 atom stereocenters. The third-order valence-electron chi connectivity index (χ3n) is 3.35. The van der Waals surface area contributed by atoms with Crippen LogP contribution in [-0.2, 0) is 11.3 Å². The topological polar surface area (TPSA) is 77.6 Å². The van der Waals surface area contributed by atoms with Crippen molar-refractivity contribution in [3.05, 3.63) is 65.5 Å². The van der Waals surface area contributed by atoms with Crippen LogP contribution < -0.4 is 15.2 Å². The molecule has 0 saturated heterocycles. The van der Waals surface area contributed by atoms with Crippen LogP contribution in [0.1, 0.15) is 11.1 Å². The predicted molar refractivity (Wildman–Crippen MR) is 90.6 cm³/mol. The number of rotatable bonds is 6. The molecule has 0 aliphatic heterocycles. The zero-order valence-electron chi connectivity index (χ0n) is 13.5. The van der Waals surface area contributed by atoms with Crippen molar-refractivity contribution >= 4 is 11.6 Å². The minimum Gasteiger partial charge on any atom is -0.497 e. The molecule has 0 fully saturated rings. The van der Waals surface area contributed by atoms with Crippen LogP contribution in [0.3, 0.4) is 0 Å². The molecule has 0 aliphatic carbocycles. The number of ether oxygens (including phenoxy) is 3. The van der Waals surface area contributed by atoms with Crippen LogP contribution in [0.5, 0.6) is 11.5 Å². The van der Waals surface area contributed by atoms with E-state index in [0.717, 1.165) is 0 Å². The first-order chi connectivity index (χ1) is 11.5. The van der Waals surface area contributed by atoms with Crippen LogP contribution in [0.4, 0.5) is 4.39 Å². The molecule has 0 bridgehead atoms. The van der Waals surface area contributed by atoms with Gasteiger partial charge in [-0.2, -0.15) is 0 Å². The summed E-state index contributed by atoms with van der Waals surface area (Å²) in [5, 5.41) is 7.84. The second-order valence-electron chi connectivity index (χ2n) is 4.91. The number of nitrogens with two attached hydrogens (primary N) is 1. The Labute approximate surface area is 140 Å². The Hall–Kier alpha value is -3.02. The van der Waals surface area contributed by atoms with E-state index in [2.05, 4.69) is 0 Å². The summed E-state index contributed by atoms with van der Waals surface area (Å²) in [4.78, 5) is 0. The van der Waals surface area contributed by atoms with Gasteiger partial charge in [0.1, 0.15) is 23.9 Å². The zero-order chi connectivity index (χ0) is 17.5. The molecule has 0 aromatic heterocycles. The van der Waals surface area contributed by atoms with Crippen molar-refractivity contribution < 1.29 is 18.6 Å². The SMILES string of the molecule is COc1ccc(OC)c(/C(N)=C/C(=N)OCc2ccccc2F)c1. The summed E-state index contributed by atoms with van der Waals surface area (Å²) < 4.78 is 29.2. The Balaban J connectivity index is 2.12. The van der Waals surface area contributed by atoms with Gasteiger partial charge in [0, 0.05) is 22.9 Å². The monoisotopic (exact) mass is 330 g/mol.